The van der Waals surface area contributed by atoms with Gasteiger partial charge in [-0.15, -0.1) is 11.8 Å². The molecular formula is C21H24N2OS. The number of benzene rings is 2. The van der Waals surface area contributed by atoms with Gasteiger partial charge in [-0.1, -0.05) is 69.3 Å². The monoisotopic (exact) mass is 352 g/mol. The maximum absolute atomic E-state index is 12.0. The first-order valence-electron chi connectivity index (χ1n) is 8.54. The Bertz CT molecular complexity index is 862. The number of aromatic nitrogens is 1. The van der Waals surface area contributed by atoms with Crippen molar-refractivity contribution in [1.82, 2.24) is 10.3 Å². The first kappa shape index (κ1) is 17.6. The molecule has 0 aliphatic carbocycles. The van der Waals surface area contributed by atoms with Gasteiger partial charge in [-0.05, 0) is 11.6 Å². The second kappa shape index (κ2) is 7.36. The molecule has 3 nitrogen and oxygen atoms in total. The molecule has 1 amide bonds. The third kappa shape index (κ3) is 4.07. The van der Waals surface area contributed by atoms with E-state index in [0.29, 0.717) is 6.54 Å². The van der Waals surface area contributed by atoms with Gasteiger partial charge in [0.05, 0.1) is 5.69 Å². The van der Waals surface area contributed by atoms with Crippen LogP contribution < -0.4 is 5.32 Å². The van der Waals surface area contributed by atoms with Crippen molar-refractivity contribution >= 4 is 28.6 Å². The van der Waals surface area contributed by atoms with Gasteiger partial charge < -0.3 is 10.3 Å². The molecule has 3 rings (SSSR count). The maximum Gasteiger partial charge on any atom is 0.225 e. The zero-order valence-electron chi connectivity index (χ0n) is 14.9. The van der Waals surface area contributed by atoms with Crippen molar-refractivity contribution in [2.45, 2.75) is 25.7 Å². The Hall–Kier alpha value is -2.20. The summed E-state index contributed by atoms with van der Waals surface area (Å²) >= 11 is 1.78. The van der Waals surface area contributed by atoms with Crippen molar-refractivity contribution in [3.63, 3.8) is 0 Å². The molecule has 3 aromatic rings. The van der Waals surface area contributed by atoms with Crippen molar-refractivity contribution in [2.24, 2.45) is 5.41 Å². The van der Waals surface area contributed by atoms with E-state index in [2.05, 4.69) is 52.8 Å². The van der Waals surface area contributed by atoms with E-state index >= 15 is 0 Å². The van der Waals surface area contributed by atoms with Gasteiger partial charge in [0.15, 0.2) is 0 Å². The summed E-state index contributed by atoms with van der Waals surface area (Å²) in [5.74, 6) is 0.930. The molecule has 0 radical (unpaired) electrons. The van der Waals surface area contributed by atoms with Crippen LogP contribution in [0.4, 0.5) is 0 Å². The Morgan fingerprint density at radius 2 is 1.72 bits per heavy atom. The molecule has 130 valence electrons. The van der Waals surface area contributed by atoms with E-state index in [1.165, 1.54) is 15.8 Å². The molecule has 0 saturated carbocycles. The fraction of sp³-hybridized carbons (Fsp3) is 0.286. The van der Waals surface area contributed by atoms with Gasteiger partial charge in [-0.2, -0.15) is 0 Å². The quantitative estimate of drug-likeness (QED) is 0.496. The molecule has 25 heavy (non-hydrogen) atoms. The average molecular weight is 353 g/mol. The third-order valence-corrected chi connectivity index (χ3v) is 5.16. The summed E-state index contributed by atoms with van der Waals surface area (Å²) in [7, 11) is 0. The smallest absolute Gasteiger partial charge is 0.225 e. The van der Waals surface area contributed by atoms with Crippen molar-refractivity contribution in [3.05, 3.63) is 54.6 Å². The molecule has 1 heterocycles. The van der Waals surface area contributed by atoms with Crippen molar-refractivity contribution in [1.29, 1.82) is 0 Å². The Kier molecular flexibility index (Phi) is 5.19. The molecule has 4 heteroatoms. The summed E-state index contributed by atoms with van der Waals surface area (Å²) in [6.45, 7) is 6.46. The van der Waals surface area contributed by atoms with E-state index in [1.807, 2.05) is 32.9 Å². The predicted octanol–water partition coefficient (Wildman–Crippen LogP) is 5.09. The molecule has 0 saturated heterocycles. The number of nitrogens with one attached hydrogen (secondary N) is 2. The topological polar surface area (TPSA) is 44.9 Å². The zero-order chi connectivity index (χ0) is 17.9. The highest BCUT2D eigenvalue weighted by Gasteiger charge is 2.20. The van der Waals surface area contributed by atoms with Crippen LogP contribution in [0.1, 0.15) is 20.8 Å². The van der Waals surface area contributed by atoms with E-state index in [0.717, 1.165) is 17.0 Å². The van der Waals surface area contributed by atoms with Gasteiger partial charge in [0.1, 0.15) is 0 Å². The van der Waals surface area contributed by atoms with Crippen LogP contribution in [0.5, 0.6) is 0 Å². The lowest BCUT2D eigenvalue weighted by molar-refractivity contribution is -0.128. The highest BCUT2D eigenvalue weighted by atomic mass is 32.2. The zero-order valence-corrected chi connectivity index (χ0v) is 15.7. The standard InChI is InChI=1S/C21H24N2OS/c1-21(2,3)20(24)22-13-14-25-19-16-11-7-8-12-17(16)23-18(19)15-9-5-4-6-10-15/h4-12,23H,13-14H2,1-3H3,(H,22,24). The van der Waals surface area contributed by atoms with E-state index in [-0.39, 0.29) is 11.3 Å². The van der Waals surface area contributed by atoms with E-state index in [1.54, 1.807) is 11.8 Å². The number of hydrogen-bond acceptors (Lipinski definition) is 2. The van der Waals surface area contributed by atoms with Crippen molar-refractivity contribution < 1.29 is 4.79 Å². The van der Waals surface area contributed by atoms with Crippen LogP contribution in [0.3, 0.4) is 0 Å². The second-order valence-corrected chi connectivity index (χ2v) is 8.20. The number of fused-ring (bicyclic) bond motifs is 1. The van der Waals surface area contributed by atoms with Crippen LogP contribution in [0.25, 0.3) is 22.2 Å². The van der Waals surface area contributed by atoms with Crippen LogP contribution in [-0.4, -0.2) is 23.2 Å². The summed E-state index contributed by atoms with van der Waals surface area (Å²) in [4.78, 5) is 16.8. The van der Waals surface area contributed by atoms with Gasteiger partial charge in [0, 0.05) is 33.5 Å². The van der Waals surface area contributed by atoms with Crippen molar-refractivity contribution in [3.8, 4) is 11.3 Å². The van der Waals surface area contributed by atoms with E-state index in [4.69, 9.17) is 0 Å². The van der Waals surface area contributed by atoms with Gasteiger partial charge >= 0.3 is 0 Å². The summed E-state index contributed by atoms with van der Waals surface area (Å²) in [5, 5.41) is 4.25. The summed E-state index contributed by atoms with van der Waals surface area (Å²) in [6.07, 6.45) is 0. The fourth-order valence-corrected chi connectivity index (χ4v) is 3.71. The molecule has 0 fully saturated rings. The van der Waals surface area contributed by atoms with E-state index in [9.17, 15) is 4.79 Å². The molecule has 0 spiro atoms. The maximum atomic E-state index is 12.0. The molecule has 0 bridgehead atoms. The Morgan fingerprint density at radius 1 is 1.04 bits per heavy atom. The average Bonchev–Trinajstić information content (AvgIpc) is 2.97. The number of H-pyrrole nitrogens is 1. The highest BCUT2D eigenvalue weighted by molar-refractivity contribution is 7.99. The lowest BCUT2D eigenvalue weighted by Crippen LogP contribution is -2.36. The first-order chi connectivity index (χ1) is 12.0. The van der Waals surface area contributed by atoms with Crippen LogP contribution >= 0.6 is 11.8 Å². The molecule has 0 atom stereocenters. The number of para-hydroxylation sites is 1. The summed E-state index contributed by atoms with van der Waals surface area (Å²) < 4.78 is 0. The molecule has 2 N–H and O–H groups in total. The number of carbonyl (C=O) groups excluding carboxylic acids is 1. The second-order valence-electron chi connectivity index (χ2n) is 7.10. The minimum absolute atomic E-state index is 0.0929. The lowest BCUT2D eigenvalue weighted by Gasteiger charge is -2.17. The number of hydrogen-bond donors (Lipinski definition) is 2. The minimum atomic E-state index is -0.347. The van der Waals surface area contributed by atoms with Crippen LogP contribution in [0.15, 0.2) is 59.5 Å². The van der Waals surface area contributed by atoms with Gasteiger partial charge in [0.2, 0.25) is 5.91 Å². The van der Waals surface area contributed by atoms with Crippen LogP contribution in [-0.2, 0) is 4.79 Å². The molecule has 0 unspecified atom stereocenters. The third-order valence-electron chi connectivity index (χ3n) is 4.04. The fourth-order valence-electron chi connectivity index (χ4n) is 2.66. The number of amides is 1. The SMILES string of the molecule is CC(C)(C)C(=O)NCCSc1c(-c2ccccc2)[nH]c2ccccc12. The minimum Gasteiger partial charge on any atom is -0.355 e. The molecule has 0 aliphatic rings. The molecule has 1 aromatic heterocycles. The van der Waals surface area contributed by atoms with Crippen molar-refractivity contribution in [2.75, 3.05) is 12.3 Å². The summed E-state index contributed by atoms with van der Waals surface area (Å²) in [6, 6.07) is 18.7. The predicted molar refractivity (Wildman–Crippen MR) is 107 cm³/mol. The Labute approximate surface area is 153 Å². The Balaban J connectivity index is 1.79. The summed E-state index contributed by atoms with van der Waals surface area (Å²) in [5.41, 5.74) is 3.12. The normalized spacial score (nSPS) is 11.6. The Morgan fingerprint density at radius 3 is 2.44 bits per heavy atom. The van der Waals surface area contributed by atoms with E-state index < -0.39 is 0 Å². The number of aromatic amines is 1. The van der Waals surface area contributed by atoms with Gasteiger partial charge in [-0.25, -0.2) is 0 Å². The highest BCUT2D eigenvalue weighted by Crippen LogP contribution is 2.37. The van der Waals surface area contributed by atoms with Crippen LogP contribution in [0.2, 0.25) is 0 Å². The molecular weight excluding hydrogens is 328 g/mol. The van der Waals surface area contributed by atoms with Crippen LogP contribution in [0, 0.1) is 5.41 Å². The van der Waals surface area contributed by atoms with Gasteiger partial charge in [0.25, 0.3) is 0 Å². The molecule has 0 aliphatic heterocycles. The number of carbonyl (C=O) groups is 1. The van der Waals surface area contributed by atoms with Gasteiger partial charge in [-0.3, -0.25) is 4.79 Å². The first-order valence-corrected chi connectivity index (χ1v) is 9.52. The number of thioether (sulfide) groups is 1. The molecule has 2 aromatic carbocycles. The largest absolute Gasteiger partial charge is 0.355 e. The lowest BCUT2D eigenvalue weighted by atomic mass is 9.96. The number of rotatable bonds is 5.